The van der Waals surface area contributed by atoms with Crippen molar-refractivity contribution in [3.05, 3.63) is 6.92 Å². The maximum absolute atomic E-state index is 5.54. The van der Waals surface area contributed by atoms with E-state index in [1.807, 2.05) is 0 Å². The molecule has 3 nitrogen and oxygen atoms in total. The van der Waals surface area contributed by atoms with Crippen molar-refractivity contribution in [3.63, 3.8) is 0 Å². The van der Waals surface area contributed by atoms with Gasteiger partial charge in [-0.25, -0.2) is 0 Å². The fourth-order valence-corrected chi connectivity index (χ4v) is 1.04. The van der Waals surface area contributed by atoms with E-state index in [0.717, 1.165) is 0 Å². The van der Waals surface area contributed by atoms with E-state index < -0.39 is 5.79 Å². The van der Waals surface area contributed by atoms with Gasteiger partial charge in [0.25, 0.3) is 0 Å². The van der Waals surface area contributed by atoms with Crippen LogP contribution < -0.4 is 0 Å². The number of hydrogen-bond acceptors (Lipinski definition) is 3. The zero-order valence-electron chi connectivity index (χ0n) is 5.71. The standard InChI is InChI=1S/C7H10O3/c1-6-2-9-7(10-3-6)4-8-5-7/h1,6H,2-5H2. The molecule has 0 atom stereocenters. The average molecular weight is 142 g/mol. The monoisotopic (exact) mass is 142 g/mol. The lowest BCUT2D eigenvalue weighted by Crippen LogP contribution is -2.57. The molecule has 0 bridgehead atoms. The Morgan fingerprint density at radius 3 is 2.20 bits per heavy atom. The summed E-state index contributed by atoms with van der Waals surface area (Å²) in [5.41, 5.74) is 0. The molecule has 2 saturated heterocycles. The van der Waals surface area contributed by atoms with Crippen molar-refractivity contribution in [1.82, 2.24) is 0 Å². The van der Waals surface area contributed by atoms with Crippen molar-refractivity contribution in [2.75, 3.05) is 26.4 Å². The first-order chi connectivity index (χ1) is 4.81. The smallest absolute Gasteiger partial charge is 0.216 e. The Balaban J connectivity index is 1.90. The minimum Gasteiger partial charge on any atom is -0.370 e. The van der Waals surface area contributed by atoms with E-state index in [9.17, 15) is 0 Å². The highest BCUT2D eigenvalue weighted by Crippen LogP contribution is 2.28. The molecule has 2 rings (SSSR count). The van der Waals surface area contributed by atoms with Crippen LogP contribution in [-0.2, 0) is 14.2 Å². The summed E-state index contributed by atoms with van der Waals surface area (Å²) < 4.78 is 15.6. The van der Waals surface area contributed by atoms with Gasteiger partial charge in [-0.15, -0.1) is 0 Å². The summed E-state index contributed by atoms with van der Waals surface area (Å²) in [6.07, 6.45) is 0. The van der Waals surface area contributed by atoms with E-state index in [2.05, 4.69) is 0 Å². The summed E-state index contributed by atoms with van der Waals surface area (Å²) in [5, 5.41) is 0. The highest BCUT2D eigenvalue weighted by atomic mass is 16.8. The van der Waals surface area contributed by atoms with Crippen LogP contribution in [0.1, 0.15) is 0 Å². The Bertz CT molecular complexity index is 121. The van der Waals surface area contributed by atoms with Crippen LogP contribution >= 0.6 is 0 Å². The second kappa shape index (κ2) is 2.19. The summed E-state index contributed by atoms with van der Waals surface area (Å²) in [6, 6.07) is 0. The normalized spacial score (nSPS) is 32.1. The molecule has 0 aromatic carbocycles. The second-order valence-electron chi connectivity index (χ2n) is 2.79. The lowest BCUT2D eigenvalue weighted by Gasteiger charge is -2.44. The summed E-state index contributed by atoms with van der Waals surface area (Å²) >= 11 is 0. The molecule has 0 unspecified atom stereocenters. The molecule has 2 heterocycles. The minimum absolute atomic E-state index is 0.0335. The predicted molar refractivity (Wildman–Crippen MR) is 33.2 cm³/mol. The van der Waals surface area contributed by atoms with Crippen LogP contribution in [-0.4, -0.2) is 32.2 Å². The predicted octanol–water partition coefficient (Wildman–Crippen LogP) is 0.0870. The van der Waals surface area contributed by atoms with Gasteiger partial charge in [0, 0.05) is 5.92 Å². The molecule has 0 amide bonds. The fourth-order valence-electron chi connectivity index (χ4n) is 1.04. The van der Waals surface area contributed by atoms with Gasteiger partial charge in [-0.2, -0.15) is 0 Å². The Morgan fingerprint density at radius 1 is 1.20 bits per heavy atom. The van der Waals surface area contributed by atoms with Gasteiger partial charge in [0.1, 0.15) is 13.2 Å². The molecule has 2 radical (unpaired) electrons. The molecule has 1 spiro atoms. The Hall–Kier alpha value is -0.120. The van der Waals surface area contributed by atoms with Gasteiger partial charge in [0.05, 0.1) is 13.2 Å². The maximum atomic E-state index is 5.54. The van der Waals surface area contributed by atoms with Crippen LogP contribution in [0, 0.1) is 12.8 Å². The van der Waals surface area contributed by atoms with Crippen LogP contribution in [0.5, 0.6) is 0 Å². The van der Waals surface area contributed by atoms with Crippen molar-refractivity contribution in [3.8, 4) is 0 Å². The first-order valence-electron chi connectivity index (χ1n) is 3.42. The molecule has 0 N–H and O–H groups in total. The van der Waals surface area contributed by atoms with Gasteiger partial charge < -0.3 is 14.2 Å². The molecule has 0 aromatic heterocycles. The van der Waals surface area contributed by atoms with E-state index in [0.29, 0.717) is 26.4 Å². The molecule has 56 valence electrons. The van der Waals surface area contributed by atoms with Gasteiger partial charge in [-0.3, -0.25) is 0 Å². The number of hydrogen-bond donors (Lipinski definition) is 0. The van der Waals surface area contributed by atoms with E-state index in [1.165, 1.54) is 0 Å². The summed E-state index contributed by atoms with van der Waals surface area (Å²) in [4.78, 5) is 0. The third-order valence-corrected chi connectivity index (χ3v) is 1.76. The summed E-state index contributed by atoms with van der Waals surface area (Å²) in [6.45, 7) is 7.83. The number of rotatable bonds is 0. The molecule has 3 heteroatoms. The first-order valence-corrected chi connectivity index (χ1v) is 3.42. The van der Waals surface area contributed by atoms with Crippen molar-refractivity contribution in [2.24, 2.45) is 5.92 Å². The van der Waals surface area contributed by atoms with Gasteiger partial charge in [-0.1, -0.05) is 0 Å². The van der Waals surface area contributed by atoms with Crippen molar-refractivity contribution in [2.45, 2.75) is 5.79 Å². The van der Waals surface area contributed by atoms with Gasteiger partial charge >= 0.3 is 0 Å². The number of ether oxygens (including phenoxy) is 3. The van der Waals surface area contributed by atoms with Crippen molar-refractivity contribution >= 4 is 0 Å². The lowest BCUT2D eigenvalue weighted by atomic mass is 10.1. The SMILES string of the molecule is [CH]C1COC2(COC2)OC1. The van der Waals surface area contributed by atoms with E-state index in [4.69, 9.17) is 21.1 Å². The highest BCUT2D eigenvalue weighted by Gasteiger charge is 2.44. The van der Waals surface area contributed by atoms with Crippen molar-refractivity contribution in [1.29, 1.82) is 0 Å². The fraction of sp³-hybridized carbons (Fsp3) is 0.857. The molecule has 2 fully saturated rings. The molecule has 0 aromatic rings. The third-order valence-electron chi connectivity index (χ3n) is 1.76. The average Bonchev–Trinajstić information content (AvgIpc) is 1.86. The highest BCUT2D eigenvalue weighted by molar-refractivity contribution is 4.82. The summed E-state index contributed by atoms with van der Waals surface area (Å²) in [7, 11) is 0. The van der Waals surface area contributed by atoms with Crippen LogP contribution in [0.4, 0.5) is 0 Å². The zero-order chi connectivity index (χ0) is 7.03. The molecule has 10 heavy (non-hydrogen) atoms. The van der Waals surface area contributed by atoms with E-state index in [-0.39, 0.29) is 5.92 Å². The molecule has 2 aliphatic rings. The lowest BCUT2D eigenvalue weighted by molar-refractivity contribution is -0.367. The third kappa shape index (κ3) is 0.944. The van der Waals surface area contributed by atoms with E-state index >= 15 is 0 Å². The minimum atomic E-state index is -0.421. The van der Waals surface area contributed by atoms with Crippen LogP contribution in [0.15, 0.2) is 0 Å². The summed E-state index contributed by atoms with van der Waals surface area (Å²) in [5.74, 6) is -0.387. The first kappa shape index (κ1) is 6.58. The van der Waals surface area contributed by atoms with Gasteiger partial charge in [-0.05, 0) is 6.92 Å². The van der Waals surface area contributed by atoms with Crippen molar-refractivity contribution < 1.29 is 14.2 Å². The topological polar surface area (TPSA) is 27.7 Å². The quantitative estimate of drug-likeness (QED) is 0.479. The van der Waals surface area contributed by atoms with Crippen LogP contribution in [0.2, 0.25) is 0 Å². The Kier molecular flexibility index (Phi) is 1.44. The van der Waals surface area contributed by atoms with Crippen LogP contribution in [0.25, 0.3) is 0 Å². The van der Waals surface area contributed by atoms with Crippen LogP contribution in [0.3, 0.4) is 0 Å². The van der Waals surface area contributed by atoms with Gasteiger partial charge in [0.15, 0.2) is 0 Å². The Labute approximate surface area is 60.3 Å². The molecule has 2 aliphatic heterocycles. The zero-order valence-corrected chi connectivity index (χ0v) is 5.71. The molecule has 0 saturated carbocycles. The Morgan fingerprint density at radius 2 is 1.80 bits per heavy atom. The molecule has 0 aliphatic carbocycles. The van der Waals surface area contributed by atoms with E-state index in [1.54, 1.807) is 0 Å². The molecular weight excluding hydrogens is 132 g/mol. The maximum Gasteiger partial charge on any atom is 0.216 e. The largest absolute Gasteiger partial charge is 0.370 e. The molecular formula is C7H10O3. The second-order valence-corrected chi connectivity index (χ2v) is 2.79. The van der Waals surface area contributed by atoms with Gasteiger partial charge in [0.2, 0.25) is 5.79 Å².